The second-order valence-electron chi connectivity index (χ2n) is 3.94. The Labute approximate surface area is 100.0 Å². The fourth-order valence-electron chi connectivity index (χ4n) is 1.98. The fourth-order valence-corrected chi connectivity index (χ4v) is 2.67. The summed E-state index contributed by atoms with van der Waals surface area (Å²) in [5.74, 6) is 1.13. The Balaban J connectivity index is 2.24. The molecule has 2 N–H and O–H groups in total. The van der Waals surface area contributed by atoms with Crippen molar-refractivity contribution in [1.29, 1.82) is 0 Å². The van der Waals surface area contributed by atoms with Gasteiger partial charge >= 0.3 is 0 Å². The summed E-state index contributed by atoms with van der Waals surface area (Å²) in [7, 11) is 1.97. The molecule has 1 heterocycles. The van der Waals surface area contributed by atoms with Gasteiger partial charge in [-0.05, 0) is 30.5 Å². The van der Waals surface area contributed by atoms with Gasteiger partial charge in [0.1, 0.15) is 0 Å². The number of hydrogen-bond acceptors (Lipinski definition) is 3. The standard InChI is InChI=1S/C12H16N2OS/c1-13-11(7-16-2)8-3-4-10-9(5-8)6-12(15)14-10/h3-5,11,13H,6-7H2,1-2H3,(H,14,15). The van der Waals surface area contributed by atoms with E-state index in [2.05, 4.69) is 29.0 Å². The third-order valence-electron chi connectivity index (χ3n) is 2.84. The maximum absolute atomic E-state index is 11.2. The monoisotopic (exact) mass is 236 g/mol. The van der Waals surface area contributed by atoms with Crippen molar-refractivity contribution in [2.24, 2.45) is 0 Å². The Bertz CT molecular complexity index is 406. The Kier molecular flexibility index (Phi) is 3.51. The smallest absolute Gasteiger partial charge is 0.228 e. The molecule has 2 rings (SSSR count). The molecular weight excluding hydrogens is 220 g/mol. The quantitative estimate of drug-likeness (QED) is 0.837. The Hall–Kier alpha value is -1.00. The van der Waals surface area contributed by atoms with Crippen molar-refractivity contribution in [3.63, 3.8) is 0 Å². The second-order valence-corrected chi connectivity index (χ2v) is 4.85. The second kappa shape index (κ2) is 4.89. The van der Waals surface area contributed by atoms with Crippen LogP contribution in [0.2, 0.25) is 0 Å². The molecule has 1 aromatic rings. The van der Waals surface area contributed by atoms with E-state index >= 15 is 0 Å². The van der Waals surface area contributed by atoms with Crippen LogP contribution in [0.4, 0.5) is 5.69 Å². The molecule has 0 spiro atoms. The third kappa shape index (κ3) is 2.23. The molecule has 0 radical (unpaired) electrons. The zero-order valence-electron chi connectivity index (χ0n) is 9.54. The first kappa shape index (κ1) is 11.5. The average molecular weight is 236 g/mol. The molecule has 1 atom stereocenters. The lowest BCUT2D eigenvalue weighted by Crippen LogP contribution is -2.18. The first-order valence-corrected chi connectivity index (χ1v) is 6.73. The molecule has 0 fully saturated rings. The molecule has 0 bridgehead atoms. The van der Waals surface area contributed by atoms with Gasteiger partial charge in [0.15, 0.2) is 0 Å². The Morgan fingerprint density at radius 3 is 3.06 bits per heavy atom. The summed E-state index contributed by atoms with van der Waals surface area (Å²) in [6.07, 6.45) is 2.61. The largest absolute Gasteiger partial charge is 0.326 e. The number of carbonyl (C=O) groups is 1. The van der Waals surface area contributed by atoms with Crippen LogP contribution in [0.1, 0.15) is 17.2 Å². The molecule has 0 aliphatic carbocycles. The van der Waals surface area contributed by atoms with Crippen LogP contribution in [0.5, 0.6) is 0 Å². The predicted molar refractivity (Wildman–Crippen MR) is 69.0 cm³/mol. The molecule has 1 aliphatic rings. The zero-order valence-corrected chi connectivity index (χ0v) is 10.4. The van der Waals surface area contributed by atoms with Crippen LogP contribution in [-0.2, 0) is 11.2 Å². The first-order valence-electron chi connectivity index (χ1n) is 5.33. The number of anilines is 1. The molecule has 16 heavy (non-hydrogen) atoms. The predicted octanol–water partition coefficient (Wildman–Crippen LogP) is 1.80. The van der Waals surface area contributed by atoms with E-state index in [0.717, 1.165) is 17.0 Å². The lowest BCUT2D eigenvalue weighted by Gasteiger charge is -2.16. The lowest BCUT2D eigenvalue weighted by atomic mass is 10.0. The van der Waals surface area contributed by atoms with Crippen molar-refractivity contribution < 1.29 is 4.79 Å². The Morgan fingerprint density at radius 1 is 1.56 bits per heavy atom. The summed E-state index contributed by atoms with van der Waals surface area (Å²) in [5.41, 5.74) is 3.34. The SMILES string of the molecule is CNC(CSC)c1ccc2c(c1)CC(=O)N2. The van der Waals surface area contributed by atoms with Crippen molar-refractivity contribution in [3.8, 4) is 0 Å². The molecule has 86 valence electrons. The van der Waals surface area contributed by atoms with E-state index in [4.69, 9.17) is 0 Å². The van der Waals surface area contributed by atoms with Crippen molar-refractivity contribution in [1.82, 2.24) is 5.32 Å². The molecule has 1 aliphatic heterocycles. The molecule has 0 saturated carbocycles. The van der Waals surface area contributed by atoms with Gasteiger partial charge in [0.05, 0.1) is 6.42 Å². The van der Waals surface area contributed by atoms with Crippen LogP contribution < -0.4 is 10.6 Å². The lowest BCUT2D eigenvalue weighted by molar-refractivity contribution is -0.115. The summed E-state index contributed by atoms with van der Waals surface area (Å²) >= 11 is 1.82. The summed E-state index contributed by atoms with van der Waals surface area (Å²) in [6, 6.07) is 6.57. The van der Waals surface area contributed by atoms with E-state index in [1.165, 1.54) is 5.56 Å². The minimum absolute atomic E-state index is 0.0954. The van der Waals surface area contributed by atoms with Crippen LogP contribution >= 0.6 is 11.8 Å². The number of amides is 1. The molecule has 1 aromatic carbocycles. The summed E-state index contributed by atoms with van der Waals surface area (Å²) in [4.78, 5) is 11.2. The van der Waals surface area contributed by atoms with Crippen LogP contribution in [0, 0.1) is 0 Å². The summed E-state index contributed by atoms with van der Waals surface area (Å²) in [5, 5.41) is 6.14. The summed E-state index contributed by atoms with van der Waals surface area (Å²) < 4.78 is 0. The van der Waals surface area contributed by atoms with E-state index < -0.39 is 0 Å². The number of carbonyl (C=O) groups excluding carboxylic acids is 1. The number of rotatable bonds is 4. The van der Waals surface area contributed by atoms with Crippen molar-refractivity contribution >= 4 is 23.4 Å². The minimum atomic E-state index is 0.0954. The number of nitrogens with one attached hydrogen (secondary N) is 2. The summed E-state index contributed by atoms with van der Waals surface area (Å²) in [6.45, 7) is 0. The van der Waals surface area contributed by atoms with Gasteiger partial charge < -0.3 is 10.6 Å². The molecule has 0 aromatic heterocycles. The van der Waals surface area contributed by atoms with Crippen LogP contribution in [-0.4, -0.2) is 25.0 Å². The van der Waals surface area contributed by atoms with Gasteiger partial charge in [-0.2, -0.15) is 11.8 Å². The third-order valence-corrected chi connectivity index (χ3v) is 3.51. The van der Waals surface area contributed by atoms with Gasteiger partial charge in [-0.1, -0.05) is 12.1 Å². The van der Waals surface area contributed by atoms with Crippen molar-refractivity contribution in [3.05, 3.63) is 29.3 Å². The molecule has 0 saturated heterocycles. The zero-order chi connectivity index (χ0) is 11.5. The highest BCUT2D eigenvalue weighted by Gasteiger charge is 2.19. The highest BCUT2D eigenvalue weighted by Crippen LogP contribution is 2.27. The van der Waals surface area contributed by atoms with Gasteiger partial charge in [0.2, 0.25) is 5.91 Å². The van der Waals surface area contributed by atoms with E-state index in [1.807, 2.05) is 24.9 Å². The van der Waals surface area contributed by atoms with Crippen molar-refractivity contribution in [2.45, 2.75) is 12.5 Å². The van der Waals surface area contributed by atoms with Crippen LogP contribution in [0.15, 0.2) is 18.2 Å². The normalized spacial score (nSPS) is 15.8. The van der Waals surface area contributed by atoms with Crippen LogP contribution in [0.25, 0.3) is 0 Å². The minimum Gasteiger partial charge on any atom is -0.326 e. The fraction of sp³-hybridized carbons (Fsp3) is 0.417. The molecular formula is C12H16N2OS. The van der Waals surface area contributed by atoms with Gasteiger partial charge in [-0.3, -0.25) is 4.79 Å². The van der Waals surface area contributed by atoms with Crippen molar-refractivity contribution in [2.75, 3.05) is 24.4 Å². The molecule has 1 unspecified atom stereocenters. The highest BCUT2D eigenvalue weighted by molar-refractivity contribution is 7.98. The maximum atomic E-state index is 11.2. The highest BCUT2D eigenvalue weighted by atomic mass is 32.2. The molecule has 4 heteroatoms. The number of thioether (sulfide) groups is 1. The average Bonchev–Trinajstić information content (AvgIpc) is 2.64. The van der Waals surface area contributed by atoms with Gasteiger partial charge in [0.25, 0.3) is 0 Å². The number of fused-ring (bicyclic) bond motifs is 1. The van der Waals surface area contributed by atoms with Crippen LogP contribution in [0.3, 0.4) is 0 Å². The van der Waals surface area contributed by atoms with E-state index in [1.54, 1.807) is 0 Å². The topological polar surface area (TPSA) is 41.1 Å². The molecule has 1 amide bonds. The molecule has 3 nitrogen and oxygen atoms in total. The van der Waals surface area contributed by atoms with Gasteiger partial charge in [-0.15, -0.1) is 0 Å². The number of hydrogen-bond donors (Lipinski definition) is 2. The first-order chi connectivity index (χ1) is 7.74. The van der Waals surface area contributed by atoms with Gasteiger partial charge in [-0.25, -0.2) is 0 Å². The number of benzene rings is 1. The Morgan fingerprint density at radius 2 is 2.38 bits per heavy atom. The van der Waals surface area contributed by atoms with Gasteiger partial charge in [0, 0.05) is 17.5 Å². The van der Waals surface area contributed by atoms with E-state index in [9.17, 15) is 4.79 Å². The van der Waals surface area contributed by atoms with E-state index in [0.29, 0.717) is 12.5 Å². The maximum Gasteiger partial charge on any atom is 0.228 e. The van der Waals surface area contributed by atoms with E-state index in [-0.39, 0.29) is 5.91 Å².